The summed E-state index contributed by atoms with van der Waals surface area (Å²) in [7, 11) is 0. The Balaban J connectivity index is 2.51. The van der Waals surface area contributed by atoms with Crippen molar-refractivity contribution in [2.75, 3.05) is 13.1 Å². The van der Waals surface area contributed by atoms with Crippen LogP contribution in [0, 0.1) is 5.92 Å². The maximum atomic E-state index is 10.7. The minimum Gasteiger partial charge on any atom is -0.550 e. The lowest BCUT2D eigenvalue weighted by atomic mass is 9.99. The predicted octanol–water partition coefficient (Wildman–Crippen LogP) is -1.47. The lowest BCUT2D eigenvalue weighted by Crippen LogP contribution is -2.47. The van der Waals surface area contributed by atoms with Gasteiger partial charge in [-0.3, -0.25) is 0 Å². The van der Waals surface area contributed by atoms with Crippen LogP contribution in [-0.2, 0) is 4.79 Å². The standard InChI is InChI=1S/C7H12N2O3/c8-7(12)9-3-1-2-5(4-9)6(10)11/h5H,1-4H2,(H2,8,12)(H,10,11)/p-1/t5-/m1/s1. The molecule has 1 heterocycles. The van der Waals surface area contributed by atoms with Gasteiger partial charge >= 0.3 is 6.03 Å². The zero-order valence-corrected chi connectivity index (χ0v) is 6.66. The molecule has 1 fully saturated rings. The molecule has 0 aromatic rings. The second kappa shape index (κ2) is 3.42. The minimum absolute atomic E-state index is 0.192. The summed E-state index contributed by atoms with van der Waals surface area (Å²) in [5, 5.41) is 10.4. The van der Waals surface area contributed by atoms with Gasteiger partial charge in [0.25, 0.3) is 0 Å². The van der Waals surface area contributed by atoms with Crippen LogP contribution in [0.5, 0.6) is 0 Å². The number of nitrogens with two attached hydrogens (primary N) is 1. The molecular formula is C7H11N2O3-. The molecule has 1 aliphatic rings. The van der Waals surface area contributed by atoms with E-state index in [1.54, 1.807) is 0 Å². The number of hydrogen-bond acceptors (Lipinski definition) is 3. The topological polar surface area (TPSA) is 86.5 Å². The molecule has 0 unspecified atom stereocenters. The van der Waals surface area contributed by atoms with Crippen molar-refractivity contribution in [1.29, 1.82) is 0 Å². The predicted molar refractivity (Wildman–Crippen MR) is 38.9 cm³/mol. The second-order valence-electron chi connectivity index (χ2n) is 2.94. The number of carbonyl (C=O) groups excluding carboxylic acids is 2. The van der Waals surface area contributed by atoms with Gasteiger partial charge in [-0.05, 0) is 12.8 Å². The number of rotatable bonds is 1. The van der Waals surface area contributed by atoms with Gasteiger partial charge < -0.3 is 20.5 Å². The molecule has 0 saturated carbocycles. The van der Waals surface area contributed by atoms with Gasteiger partial charge in [-0.2, -0.15) is 0 Å². The normalized spacial score (nSPS) is 23.7. The Hall–Kier alpha value is -1.26. The average Bonchev–Trinajstić information content (AvgIpc) is 2.04. The second-order valence-corrected chi connectivity index (χ2v) is 2.94. The van der Waals surface area contributed by atoms with Gasteiger partial charge in [0, 0.05) is 25.0 Å². The number of carboxylic acids is 1. The molecule has 5 nitrogen and oxygen atoms in total. The summed E-state index contributed by atoms with van der Waals surface area (Å²) in [6.07, 6.45) is 1.26. The summed E-state index contributed by atoms with van der Waals surface area (Å²) in [6, 6.07) is -0.555. The number of nitrogens with zero attached hydrogens (tertiary/aromatic N) is 1. The van der Waals surface area contributed by atoms with Crippen molar-refractivity contribution in [2.24, 2.45) is 11.7 Å². The smallest absolute Gasteiger partial charge is 0.314 e. The van der Waals surface area contributed by atoms with Gasteiger partial charge in [-0.25, -0.2) is 4.79 Å². The maximum absolute atomic E-state index is 10.7. The number of likely N-dealkylation sites (tertiary alicyclic amines) is 1. The van der Waals surface area contributed by atoms with Crippen molar-refractivity contribution in [3.8, 4) is 0 Å². The number of amides is 2. The van der Waals surface area contributed by atoms with E-state index in [2.05, 4.69) is 0 Å². The van der Waals surface area contributed by atoms with Crippen LogP contribution in [0.3, 0.4) is 0 Å². The molecule has 2 amide bonds. The van der Waals surface area contributed by atoms with E-state index in [9.17, 15) is 14.7 Å². The van der Waals surface area contributed by atoms with Gasteiger partial charge in [0.05, 0.1) is 0 Å². The molecule has 1 rings (SSSR count). The first-order valence-corrected chi connectivity index (χ1v) is 3.86. The van der Waals surface area contributed by atoms with Crippen LogP contribution in [-0.4, -0.2) is 30.0 Å². The Morgan fingerprint density at radius 3 is 2.67 bits per heavy atom. The van der Waals surface area contributed by atoms with Gasteiger partial charge in [0.15, 0.2) is 0 Å². The number of primary amides is 1. The first kappa shape index (κ1) is 8.83. The summed E-state index contributed by atoms with van der Waals surface area (Å²) in [5.74, 6) is -1.65. The summed E-state index contributed by atoms with van der Waals surface area (Å²) in [4.78, 5) is 22.4. The lowest BCUT2D eigenvalue weighted by molar-refractivity contribution is -0.312. The zero-order valence-electron chi connectivity index (χ0n) is 6.66. The SMILES string of the molecule is NC(=O)N1CCC[C@@H](C(=O)[O-])C1. The fourth-order valence-corrected chi connectivity index (χ4v) is 1.37. The highest BCUT2D eigenvalue weighted by atomic mass is 16.4. The largest absolute Gasteiger partial charge is 0.550 e. The first-order valence-electron chi connectivity index (χ1n) is 3.86. The van der Waals surface area contributed by atoms with Crippen molar-refractivity contribution >= 4 is 12.0 Å². The molecule has 0 aromatic heterocycles. The molecule has 1 atom stereocenters. The molecule has 5 heteroatoms. The molecule has 0 aliphatic carbocycles. The number of piperidine rings is 1. The van der Waals surface area contributed by atoms with E-state index < -0.39 is 17.9 Å². The highest BCUT2D eigenvalue weighted by Gasteiger charge is 2.22. The van der Waals surface area contributed by atoms with Crippen LogP contribution < -0.4 is 10.8 Å². The molecule has 0 spiro atoms. The van der Waals surface area contributed by atoms with E-state index >= 15 is 0 Å². The lowest BCUT2D eigenvalue weighted by Gasteiger charge is -2.31. The summed E-state index contributed by atoms with van der Waals surface area (Å²) < 4.78 is 0. The van der Waals surface area contributed by atoms with Crippen LogP contribution >= 0.6 is 0 Å². The highest BCUT2D eigenvalue weighted by molar-refractivity contribution is 5.74. The van der Waals surface area contributed by atoms with Gasteiger partial charge in [0.1, 0.15) is 0 Å². The Labute approximate surface area is 70.1 Å². The summed E-state index contributed by atoms with van der Waals surface area (Å²) in [5.41, 5.74) is 5.00. The Morgan fingerprint density at radius 1 is 1.50 bits per heavy atom. The Morgan fingerprint density at radius 2 is 2.17 bits per heavy atom. The Bertz CT molecular complexity index is 185. The molecule has 0 aromatic carbocycles. The molecule has 68 valence electrons. The van der Waals surface area contributed by atoms with Crippen LogP contribution in [0.25, 0.3) is 0 Å². The quantitative estimate of drug-likeness (QED) is 0.522. The molecule has 1 aliphatic heterocycles. The van der Waals surface area contributed by atoms with E-state index in [1.807, 2.05) is 0 Å². The van der Waals surface area contributed by atoms with Crippen molar-refractivity contribution in [3.05, 3.63) is 0 Å². The molecular weight excluding hydrogens is 160 g/mol. The van der Waals surface area contributed by atoms with Crippen molar-refractivity contribution < 1.29 is 14.7 Å². The number of aliphatic carboxylic acids is 1. The van der Waals surface area contributed by atoms with Crippen molar-refractivity contribution in [3.63, 3.8) is 0 Å². The van der Waals surface area contributed by atoms with Crippen LogP contribution in [0.15, 0.2) is 0 Å². The average molecular weight is 171 g/mol. The van der Waals surface area contributed by atoms with Gasteiger partial charge in [-0.15, -0.1) is 0 Å². The van der Waals surface area contributed by atoms with E-state index in [-0.39, 0.29) is 6.54 Å². The van der Waals surface area contributed by atoms with Crippen LogP contribution in [0.4, 0.5) is 4.79 Å². The third kappa shape index (κ3) is 1.87. The summed E-state index contributed by atoms with van der Waals surface area (Å²) >= 11 is 0. The van der Waals surface area contributed by atoms with E-state index in [4.69, 9.17) is 5.73 Å². The maximum Gasteiger partial charge on any atom is 0.314 e. The molecule has 0 radical (unpaired) electrons. The number of hydrogen-bond donors (Lipinski definition) is 1. The van der Waals surface area contributed by atoms with Crippen LogP contribution in [0.2, 0.25) is 0 Å². The Kier molecular flexibility index (Phi) is 2.52. The number of urea groups is 1. The minimum atomic E-state index is -1.10. The summed E-state index contributed by atoms with van der Waals surface area (Å²) in [6.45, 7) is 0.747. The third-order valence-electron chi connectivity index (χ3n) is 2.07. The fourth-order valence-electron chi connectivity index (χ4n) is 1.37. The zero-order chi connectivity index (χ0) is 9.14. The van der Waals surface area contributed by atoms with Gasteiger partial charge in [0.2, 0.25) is 0 Å². The van der Waals surface area contributed by atoms with E-state index in [0.29, 0.717) is 19.4 Å². The van der Waals surface area contributed by atoms with Crippen LogP contribution in [0.1, 0.15) is 12.8 Å². The monoisotopic (exact) mass is 171 g/mol. The third-order valence-corrected chi connectivity index (χ3v) is 2.07. The van der Waals surface area contributed by atoms with Crippen molar-refractivity contribution in [2.45, 2.75) is 12.8 Å². The molecule has 1 saturated heterocycles. The highest BCUT2D eigenvalue weighted by Crippen LogP contribution is 2.14. The van der Waals surface area contributed by atoms with Gasteiger partial charge in [-0.1, -0.05) is 0 Å². The number of carbonyl (C=O) groups is 2. The number of carboxylic acid groups (broad SMARTS) is 1. The van der Waals surface area contributed by atoms with E-state index in [1.165, 1.54) is 4.90 Å². The fraction of sp³-hybridized carbons (Fsp3) is 0.714. The molecule has 12 heavy (non-hydrogen) atoms. The van der Waals surface area contributed by atoms with E-state index in [0.717, 1.165) is 0 Å². The molecule has 2 N–H and O–H groups in total. The first-order chi connectivity index (χ1) is 5.61. The van der Waals surface area contributed by atoms with Crippen molar-refractivity contribution in [1.82, 2.24) is 4.90 Å². The molecule has 0 bridgehead atoms.